The molecule has 5 nitrogen and oxygen atoms in total. The maximum atomic E-state index is 8.77. The van der Waals surface area contributed by atoms with Crippen LogP contribution in [0.4, 0.5) is 0 Å². The molecule has 0 unspecified atom stereocenters. The van der Waals surface area contributed by atoms with Gasteiger partial charge >= 0.3 is 0 Å². The second-order valence-corrected chi connectivity index (χ2v) is 6.36. The maximum absolute atomic E-state index is 8.77. The van der Waals surface area contributed by atoms with Gasteiger partial charge in [-0.2, -0.15) is 0 Å². The van der Waals surface area contributed by atoms with Gasteiger partial charge in [-0.25, -0.2) is 0 Å². The van der Waals surface area contributed by atoms with E-state index in [0.29, 0.717) is 0 Å². The highest BCUT2D eigenvalue weighted by atomic mass is 31.2. The molecule has 0 atom stereocenters. The molecule has 0 saturated carbocycles. The van der Waals surface area contributed by atoms with Crippen LogP contribution in [0.5, 0.6) is 0 Å². The summed E-state index contributed by atoms with van der Waals surface area (Å²) in [4.78, 5) is 22.9. The van der Waals surface area contributed by atoms with E-state index < -0.39 is 7.82 Å². The Kier molecular flexibility index (Phi) is 14.3. The molecule has 0 aromatic rings. The monoisotopic (exact) mass is 311 g/mol. The summed E-state index contributed by atoms with van der Waals surface area (Å²) in [6, 6.07) is 0. The van der Waals surface area contributed by atoms with Gasteiger partial charge in [0.25, 0.3) is 7.82 Å². The molecule has 0 aromatic carbocycles. The van der Waals surface area contributed by atoms with Gasteiger partial charge in [0, 0.05) is 0 Å². The van der Waals surface area contributed by atoms with Crippen molar-refractivity contribution in [1.82, 2.24) is 0 Å². The summed E-state index contributed by atoms with van der Waals surface area (Å²) in [5.41, 5.74) is 0. The Balaban J connectivity index is 0. The zero-order valence-electron chi connectivity index (χ0n) is 13.7. The Hall–Kier alpha value is 0.0700. The molecule has 0 aliphatic rings. The van der Waals surface area contributed by atoms with Crippen LogP contribution in [0, 0.1) is 0 Å². The molecule has 0 amide bonds. The predicted octanol–water partition coefficient (Wildman–Crippen LogP) is 2.66. The van der Waals surface area contributed by atoms with Crippen LogP contribution in [0.3, 0.4) is 0 Å². The van der Waals surface area contributed by atoms with Crippen molar-refractivity contribution >= 4 is 7.82 Å². The number of phosphoric acid groups is 1. The maximum Gasteiger partial charge on any atom is 0.262 e. The van der Waals surface area contributed by atoms with Crippen LogP contribution in [0.1, 0.15) is 66.2 Å². The number of quaternary nitrogens is 1. The summed E-state index contributed by atoms with van der Waals surface area (Å²) in [5, 5.41) is 0. The highest BCUT2D eigenvalue weighted by Gasteiger charge is 2.22. The molecular formula is C14H34NO4P. The summed E-state index contributed by atoms with van der Waals surface area (Å²) in [5.74, 6) is 0. The molecule has 2 N–H and O–H groups in total. The molecule has 0 aliphatic heterocycles. The molecule has 124 valence electrons. The van der Waals surface area contributed by atoms with Crippen molar-refractivity contribution in [2.75, 3.05) is 26.2 Å². The quantitative estimate of drug-likeness (QED) is 0.480. The fraction of sp³-hybridized carbons (Fsp3) is 1.00. The molecule has 0 saturated heterocycles. The molecule has 6 heteroatoms. The molecule has 0 heterocycles. The molecule has 0 fully saturated rings. The Morgan fingerprint density at radius 1 is 0.850 bits per heavy atom. The van der Waals surface area contributed by atoms with Gasteiger partial charge in [-0.3, -0.25) is 4.57 Å². The standard InChI is InChI=1S/C14H32N.H3O4P/c1-5-9-12-15(8-4,13-10-6-2)14-11-7-3;1-5(2,3)4/h5-14H2,1-4H3;(H3,1,2,3,4)/q+1;/p-1. The first kappa shape index (κ1) is 22.4. The van der Waals surface area contributed by atoms with Gasteiger partial charge < -0.3 is 19.2 Å². The van der Waals surface area contributed by atoms with Crippen molar-refractivity contribution in [1.29, 1.82) is 0 Å². The van der Waals surface area contributed by atoms with E-state index in [2.05, 4.69) is 27.7 Å². The third kappa shape index (κ3) is 16.1. The van der Waals surface area contributed by atoms with Crippen LogP contribution in [0.25, 0.3) is 0 Å². The highest BCUT2D eigenvalue weighted by molar-refractivity contribution is 7.43. The summed E-state index contributed by atoms with van der Waals surface area (Å²) < 4.78 is 10.2. The lowest BCUT2D eigenvalue weighted by molar-refractivity contribution is -0.927. The van der Waals surface area contributed by atoms with Gasteiger partial charge in [0.05, 0.1) is 26.2 Å². The second-order valence-electron chi connectivity index (χ2n) is 5.38. The minimum absolute atomic E-state index is 1.33. The third-order valence-corrected chi connectivity index (χ3v) is 3.63. The van der Waals surface area contributed by atoms with E-state index in [4.69, 9.17) is 19.2 Å². The molecule has 0 bridgehead atoms. The van der Waals surface area contributed by atoms with Gasteiger partial charge in [0.1, 0.15) is 0 Å². The smallest absolute Gasteiger partial charge is 0.262 e. The van der Waals surface area contributed by atoms with Crippen LogP contribution >= 0.6 is 7.82 Å². The summed E-state index contributed by atoms with van der Waals surface area (Å²) in [6.07, 6.45) is 8.25. The van der Waals surface area contributed by atoms with Crippen LogP contribution in [-0.2, 0) is 4.57 Å². The predicted molar refractivity (Wildman–Crippen MR) is 82.2 cm³/mol. The first-order valence-corrected chi connectivity index (χ1v) is 9.39. The van der Waals surface area contributed by atoms with E-state index in [9.17, 15) is 0 Å². The van der Waals surface area contributed by atoms with Gasteiger partial charge in [0.2, 0.25) is 0 Å². The SMILES string of the molecule is CCCC[N+](CC)(CCCC)CCCC.O=P([O-])(O)O. The number of unbranched alkanes of at least 4 members (excludes halogenated alkanes) is 3. The Labute approximate surface area is 124 Å². The van der Waals surface area contributed by atoms with Crippen molar-refractivity contribution in [3.8, 4) is 0 Å². The van der Waals surface area contributed by atoms with E-state index in [0.717, 1.165) is 0 Å². The van der Waals surface area contributed by atoms with Gasteiger partial charge in [-0.05, 0) is 26.2 Å². The van der Waals surface area contributed by atoms with Gasteiger partial charge in [0.15, 0.2) is 0 Å². The van der Waals surface area contributed by atoms with Crippen LogP contribution in [0.15, 0.2) is 0 Å². The molecule has 0 aromatic heterocycles. The van der Waals surface area contributed by atoms with E-state index >= 15 is 0 Å². The summed E-state index contributed by atoms with van der Waals surface area (Å²) >= 11 is 0. The summed E-state index contributed by atoms with van der Waals surface area (Å²) in [6.45, 7) is 14.9. The van der Waals surface area contributed by atoms with Crippen molar-refractivity contribution in [2.24, 2.45) is 0 Å². The average molecular weight is 311 g/mol. The minimum Gasteiger partial charge on any atom is -0.756 e. The van der Waals surface area contributed by atoms with Crippen molar-refractivity contribution < 1.29 is 23.7 Å². The number of hydrogen-bond donors (Lipinski definition) is 2. The van der Waals surface area contributed by atoms with Crippen LogP contribution in [0.2, 0.25) is 0 Å². The van der Waals surface area contributed by atoms with E-state index in [1.807, 2.05) is 0 Å². The highest BCUT2D eigenvalue weighted by Crippen LogP contribution is 2.19. The zero-order valence-corrected chi connectivity index (χ0v) is 14.6. The van der Waals surface area contributed by atoms with Crippen LogP contribution < -0.4 is 4.89 Å². The number of hydrogen-bond acceptors (Lipinski definition) is 2. The number of nitrogens with zero attached hydrogens (tertiary/aromatic N) is 1. The lowest BCUT2D eigenvalue weighted by atomic mass is 10.1. The Morgan fingerprint density at radius 2 is 1.10 bits per heavy atom. The van der Waals surface area contributed by atoms with Crippen LogP contribution in [-0.4, -0.2) is 40.4 Å². The van der Waals surface area contributed by atoms with Crippen molar-refractivity contribution in [3.05, 3.63) is 0 Å². The van der Waals surface area contributed by atoms with Crippen molar-refractivity contribution in [3.63, 3.8) is 0 Å². The summed E-state index contributed by atoms with van der Waals surface area (Å²) in [7, 11) is -4.89. The molecule has 0 rings (SSSR count). The minimum atomic E-state index is -4.89. The molecule has 0 spiro atoms. The third-order valence-electron chi connectivity index (χ3n) is 3.63. The van der Waals surface area contributed by atoms with Gasteiger partial charge in [-0.15, -0.1) is 0 Å². The lowest BCUT2D eigenvalue weighted by Crippen LogP contribution is -2.49. The molecular weight excluding hydrogens is 277 g/mol. The largest absolute Gasteiger partial charge is 0.756 e. The lowest BCUT2D eigenvalue weighted by Gasteiger charge is -2.38. The van der Waals surface area contributed by atoms with E-state index in [1.165, 1.54) is 69.2 Å². The Bertz CT molecular complexity index is 226. The fourth-order valence-corrected chi connectivity index (χ4v) is 2.29. The molecule has 20 heavy (non-hydrogen) atoms. The number of rotatable bonds is 10. The van der Waals surface area contributed by atoms with Gasteiger partial charge in [-0.1, -0.05) is 40.0 Å². The normalized spacial score (nSPS) is 11.9. The first-order chi connectivity index (χ1) is 9.24. The average Bonchev–Trinajstić information content (AvgIpc) is 2.37. The van der Waals surface area contributed by atoms with E-state index in [-0.39, 0.29) is 0 Å². The fourth-order valence-electron chi connectivity index (χ4n) is 2.29. The molecule has 0 radical (unpaired) electrons. The van der Waals surface area contributed by atoms with E-state index in [1.54, 1.807) is 0 Å². The Morgan fingerprint density at radius 3 is 1.25 bits per heavy atom. The second kappa shape index (κ2) is 12.8. The molecule has 0 aliphatic carbocycles. The topological polar surface area (TPSA) is 80.6 Å². The van der Waals surface area contributed by atoms with Crippen molar-refractivity contribution in [2.45, 2.75) is 66.2 Å². The first-order valence-electron chi connectivity index (χ1n) is 7.86. The zero-order chi connectivity index (χ0) is 16.1.